The molecule has 0 N–H and O–H groups in total. The van der Waals surface area contributed by atoms with Crippen LogP contribution < -0.4 is 0 Å². The largest absolute Gasteiger partial charge is 0.376 e. The summed E-state index contributed by atoms with van der Waals surface area (Å²) in [5.41, 5.74) is 6.83. The highest BCUT2D eigenvalue weighted by Gasteiger charge is 2.32. The van der Waals surface area contributed by atoms with Gasteiger partial charge in [-0.15, -0.1) is 0 Å². The lowest BCUT2D eigenvalue weighted by Gasteiger charge is -2.35. The minimum Gasteiger partial charge on any atom is -0.376 e. The summed E-state index contributed by atoms with van der Waals surface area (Å²) < 4.78 is 5.89. The third-order valence-electron chi connectivity index (χ3n) is 5.66. The standard InChI is InChI=1S/C24H27NO/c1-19-14-25(15-20-8-4-3-5-9-20)16-21(19)12-13-24(2)18-26-17-22-10-6-7-11-23(22)24/h3-12H,1,13-18H2,2H3/b21-12-. The van der Waals surface area contributed by atoms with Crippen LogP contribution in [0.2, 0.25) is 0 Å². The van der Waals surface area contributed by atoms with E-state index in [9.17, 15) is 0 Å². The number of fused-ring (bicyclic) bond motifs is 1. The molecule has 0 amide bonds. The lowest BCUT2D eigenvalue weighted by molar-refractivity contribution is 0.0584. The Bertz CT molecular complexity index is 823. The Morgan fingerprint density at radius 1 is 1.08 bits per heavy atom. The van der Waals surface area contributed by atoms with Crippen LogP contribution in [-0.4, -0.2) is 24.6 Å². The summed E-state index contributed by atoms with van der Waals surface area (Å²) in [5.74, 6) is 0. The van der Waals surface area contributed by atoms with E-state index in [4.69, 9.17) is 4.74 Å². The maximum atomic E-state index is 5.89. The molecule has 2 aromatic carbocycles. The highest BCUT2D eigenvalue weighted by atomic mass is 16.5. The maximum Gasteiger partial charge on any atom is 0.0720 e. The number of ether oxygens (including phenoxy) is 1. The molecule has 0 bridgehead atoms. The van der Waals surface area contributed by atoms with Crippen LogP contribution in [0, 0.1) is 0 Å². The summed E-state index contributed by atoms with van der Waals surface area (Å²) in [6.45, 7) is 11.1. The minimum atomic E-state index is 0.0506. The van der Waals surface area contributed by atoms with Crippen LogP contribution >= 0.6 is 0 Å². The molecule has 1 fully saturated rings. The Morgan fingerprint density at radius 3 is 2.69 bits per heavy atom. The van der Waals surface area contributed by atoms with Crippen LogP contribution in [0.25, 0.3) is 0 Å². The van der Waals surface area contributed by atoms with Crippen molar-refractivity contribution in [3.05, 3.63) is 95.1 Å². The summed E-state index contributed by atoms with van der Waals surface area (Å²) in [5, 5.41) is 0. The fraction of sp³-hybridized carbons (Fsp3) is 0.333. The number of allylic oxidation sites excluding steroid dienone is 1. The normalized spacial score (nSPS) is 24.8. The number of hydrogen-bond donors (Lipinski definition) is 0. The van der Waals surface area contributed by atoms with Crippen molar-refractivity contribution >= 4 is 0 Å². The number of benzene rings is 2. The monoisotopic (exact) mass is 345 g/mol. The molecular weight excluding hydrogens is 318 g/mol. The van der Waals surface area contributed by atoms with E-state index in [0.29, 0.717) is 0 Å². The molecule has 2 heteroatoms. The van der Waals surface area contributed by atoms with Gasteiger partial charge in [-0.05, 0) is 34.3 Å². The second kappa shape index (κ2) is 7.22. The lowest BCUT2D eigenvalue weighted by atomic mass is 9.76. The first-order valence-electron chi connectivity index (χ1n) is 9.44. The molecule has 0 spiro atoms. The second-order valence-corrected chi connectivity index (χ2v) is 7.88. The van der Waals surface area contributed by atoms with E-state index >= 15 is 0 Å². The third kappa shape index (κ3) is 3.53. The van der Waals surface area contributed by atoms with Gasteiger partial charge >= 0.3 is 0 Å². The Balaban J connectivity index is 1.47. The summed E-state index contributed by atoms with van der Waals surface area (Å²) in [4.78, 5) is 2.47. The van der Waals surface area contributed by atoms with Gasteiger partial charge < -0.3 is 4.74 Å². The second-order valence-electron chi connectivity index (χ2n) is 7.88. The molecule has 2 nitrogen and oxygen atoms in total. The number of rotatable bonds is 4. The van der Waals surface area contributed by atoms with Crippen LogP contribution in [0.15, 0.2) is 78.4 Å². The molecule has 2 heterocycles. The van der Waals surface area contributed by atoms with E-state index in [2.05, 4.69) is 79.1 Å². The Kier molecular flexibility index (Phi) is 4.80. The molecule has 4 rings (SSSR count). The number of likely N-dealkylation sites (tertiary alicyclic amines) is 1. The van der Waals surface area contributed by atoms with Crippen molar-refractivity contribution in [2.75, 3.05) is 19.7 Å². The minimum absolute atomic E-state index is 0.0506. The van der Waals surface area contributed by atoms with Gasteiger partial charge in [0.1, 0.15) is 0 Å². The van der Waals surface area contributed by atoms with Crippen molar-refractivity contribution in [2.24, 2.45) is 0 Å². The number of hydrogen-bond acceptors (Lipinski definition) is 2. The van der Waals surface area contributed by atoms with E-state index < -0.39 is 0 Å². The average Bonchev–Trinajstić information content (AvgIpc) is 3.01. The zero-order valence-electron chi connectivity index (χ0n) is 15.6. The molecule has 2 aliphatic rings. The first-order valence-corrected chi connectivity index (χ1v) is 9.44. The van der Waals surface area contributed by atoms with Crippen LogP contribution in [-0.2, 0) is 23.3 Å². The van der Waals surface area contributed by atoms with Gasteiger partial charge in [0.05, 0.1) is 13.2 Å². The highest BCUT2D eigenvalue weighted by Crippen LogP contribution is 2.36. The SMILES string of the molecule is C=C1CN(Cc2ccccc2)C/C1=C/CC1(C)COCc2ccccc21. The van der Waals surface area contributed by atoms with Crippen molar-refractivity contribution < 1.29 is 4.74 Å². The zero-order chi connectivity index (χ0) is 18.0. The van der Waals surface area contributed by atoms with Gasteiger partial charge in [-0.3, -0.25) is 4.90 Å². The molecular formula is C24H27NO. The lowest BCUT2D eigenvalue weighted by Crippen LogP contribution is -2.33. The molecule has 1 unspecified atom stereocenters. The van der Waals surface area contributed by atoms with Crippen molar-refractivity contribution in [2.45, 2.75) is 31.9 Å². The Morgan fingerprint density at radius 2 is 1.85 bits per heavy atom. The van der Waals surface area contributed by atoms with Gasteiger partial charge in [0.2, 0.25) is 0 Å². The predicted octanol–water partition coefficient (Wildman–Crippen LogP) is 4.86. The van der Waals surface area contributed by atoms with Crippen molar-refractivity contribution in [1.82, 2.24) is 4.90 Å². The summed E-state index contributed by atoms with van der Waals surface area (Å²) in [7, 11) is 0. The fourth-order valence-corrected chi connectivity index (χ4v) is 4.16. The van der Waals surface area contributed by atoms with Gasteiger partial charge in [-0.25, -0.2) is 0 Å². The van der Waals surface area contributed by atoms with Crippen molar-refractivity contribution in [3.8, 4) is 0 Å². The smallest absolute Gasteiger partial charge is 0.0720 e. The van der Waals surface area contributed by atoms with E-state index in [0.717, 1.165) is 39.3 Å². The number of nitrogens with zero attached hydrogens (tertiary/aromatic N) is 1. The summed E-state index contributed by atoms with van der Waals surface area (Å²) >= 11 is 0. The Labute approximate surface area is 156 Å². The third-order valence-corrected chi connectivity index (χ3v) is 5.66. The van der Waals surface area contributed by atoms with Gasteiger partial charge in [0, 0.05) is 25.0 Å². The van der Waals surface area contributed by atoms with Crippen molar-refractivity contribution in [3.63, 3.8) is 0 Å². The van der Waals surface area contributed by atoms with E-state index in [1.165, 1.54) is 27.8 Å². The fourth-order valence-electron chi connectivity index (χ4n) is 4.16. The van der Waals surface area contributed by atoms with Crippen molar-refractivity contribution in [1.29, 1.82) is 0 Å². The van der Waals surface area contributed by atoms with Crippen LogP contribution in [0.3, 0.4) is 0 Å². The molecule has 2 aliphatic heterocycles. The Hall–Kier alpha value is -2.16. The molecule has 0 radical (unpaired) electrons. The van der Waals surface area contributed by atoms with Crippen LogP contribution in [0.5, 0.6) is 0 Å². The van der Waals surface area contributed by atoms with Gasteiger partial charge in [-0.2, -0.15) is 0 Å². The summed E-state index contributed by atoms with van der Waals surface area (Å²) in [6, 6.07) is 19.4. The molecule has 1 atom stereocenters. The van der Waals surface area contributed by atoms with Crippen LogP contribution in [0.4, 0.5) is 0 Å². The van der Waals surface area contributed by atoms with Gasteiger partial charge in [0.25, 0.3) is 0 Å². The van der Waals surface area contributed by atoms with Gasteiger partial charge in [0.15, 0.2) is 0 Å². The topological polar surface area (TPSA) is 12.5 Å². The predicted molar refractivity (Wildman–Crippen MR) is 107 cm³/mol. The quantitative estimate of drug-likeness (QED) is 0.784. The molecule has 2 aromatic rings. The summed E-state index contributed by atoms with van der Waals surface area (Å²) in [6.07, 6.45) is 3.40. The first kappa shape index (κ1) is 17.3. The van der Waals surface area contributed by atoms with Crippen LogP contribution in [0.1, 0.15) is 30.0 Å². The molecule has 0 saturated carbocycles. The first-order chi connectivity index (χ1) is 12.6. The van der Waals surface area contributed by atoms with Gasteiger partial charge in [-0.1, -0.05) is 74.2 Å². The van der Waals surface area contributed by atoms with E-state index in [1.54, 1.807) is 0 Å². The highest BCUT2D eigenvalue weighted by molar-refractivity contribution is 5.39. The molecule has 0 aromatic heterocycles. The molecule has 134 valence electrons. The van der Waals surface area contributed by atoms with E-state index in [-0.39, 0.29) is 5.41 Å². The molecule has 26 heavy (non-hydrogen) atoms. The maximum absolute atomic E-state index is 5.89. The average molecular weight is 345 g/mol. The molecule has 1 saturated heterocycles. The molecule has 0 aliphatic carbocycles. The zero-order valence-corrected chi connectivity index (χ0v) is 15.6. The van der Waals surface area contributed by atoms with E-state index in [1.807, 2.05) is 0 Å².